The summed E-state index contributed by atoms with van der Waals surface area (Å²) in [6.45, 7) is 7.47. The summed E-state index contributed by atoms with van der Waals surface area (Å²) in [7, 11) is -3.34. The zero-order chi connectivity index (χ0) is 24.9. The van der Waals surface area contributed by atoms with Crippen molar-refractivity contribution < 1.29 is 37.4 Å². The Balaban J connectivity index is 2.30. The first-order valence-electron chi connectivity index (χ1n) is 10.4. The quantitative estimate of drug-likeness (QED) is 0.359. The van der Waals surface area contributed by atoms with Crippen LogP contribution < -0.4 is 9.61 Å². The van der Waals surface area contributed by atoms with E-state index >= 15 is 0 Å². The largest absolute Gasteiger partial charge is 0.464 e. The Bertz CT molecular complexity index is 993. The lowest BCUT2D eigenvalue weighted by Crippen LogP contribution is -2.43. The van der Waals surface area contributed by atoms with Crippen LogP contribution in [0.4, 0.5) is 4.39 Å². The maximum atomic E-state index is 14.8. The molecule has 9 nitrogen and oxygen atoms in total. The summed E-state index contributed by atoms with van der Waals surface area (Å²) >= 11 is 0. The second-order valence-electron chi connectivity index (χ2n) is 8.87. The van der Waals surface area contributed by atoms with E-state index in [-0.39, 0.29) is 17.8 Å². The molecule has 4 atom stereocenters. The zero-order valence-corrected chi connectivity index (χ0v) is 20.6. The number of carbonyl (C=O) groups excluding carboxylic acids is 1. The lowest BCUT2D eigenvalue weighted by Gasteiger charge is -2.29. The van der Waals surface area contributed by atoms with Crippen molar-refractivity contribution in [2.75, 3.05) is 20.3 Å². The number of rotatable bonds is 11. The fourth-order valence-electron chi connectivity index (χ4n) is 2.60. The lowest BCUT2D eigenvalue weighted by atomic mass is 9.99. The Morgan fingerprint density at radius 3 is 2.52 bits per heavy atom. The average Bonchev–Trinajstić information content (AvgIpc) is 2.75. The topological polar surface area (TPSA) is 116 Å². The van der Waals surface area contributed by atoms with Crippen LogP contribution in [0.5, 0.6) is 5.75 Å². The molecule has 0 saturated heterocycles. The highest BCUT2D eigenvalue weighted by atomic mass is 31.2. The first-order valence-corrected chi connectivity index (χ1v) is 12.0. The number of halogens is 1. The Labute approximate surface area is 193 Å². The van der Waals surface area contributed by atoms with E-state index in [0.29, 0.717) is 10.9 Å². The maximum absolute atomic E-state index is 14.8. The normalized spacial score (nSPS) is 17.6. The highest BCUT2D eigenvalue weighted by molar-refractivity contribution is 7.52. The van der Waals surface area contributed by atoms with Crippen LogP contribution in [0, 0.1) is 5.41 Å². The van der Waals surface area contributed by atoms with Crippen LogP contribution in [0.2, 0.25) is 0 Å². The molecule has 2 rings (SSSR count). The van der Waals surface area contributed by atoms with Crippen LogP contribution in [-0.4, -0.2) is 54.4 Å². The second kappa shape index (κ2) is 10.9. The summed E-state index contributed by atoms with van der Waals surface area (Å²) in [5.74, 6) is -3.20. The number of aliphatic hydroxyl groups is 1. The Hall–Kier alpha value is -2.10. The molecule has 0 spiro atoms. The minimum absolute atomic E-state index is 0.137. The van der Waals surface area contributed by atoms with Gasteiger partial charge in [-0.1, -0.05) is 26.8 Å². The minimum Gasteiger partial charge on any atom is -0.464 e. The lowest BCUT2D eigenvalue weighted by molar-refractivity contribution is -0.202. The van der Waals surface area contributed by atoms with Gasteiger partial charge in [-0.25, -0.2) is 8.96 Å². The van der Waals surface area contributed by atoms with Crippen molar-refractivity contribution in [1.29, 1.82) is 0 Å². The highest BCUT2D eigenvalue weighted by Crippen LogP contribution is 2.47. The molecule has 2 N–H and O–H groups in total. The van der Waals surface area contributed by atoms with Crippen molar-refractivity contribution in [3.8, 4) is 5.75 Å². The molecule has 0 aliphatic carbocycles. The number of benzene rings is 1. The van der Waals surface area contributed by atoms with Gasteiger partial charge >= 0.3 is 13.7 Å². The standard InChI is InChI=1S/C22H32FN2O7P/c1-15(20(27)30-13-21(3,4)5)25-33(28,31-14-22(23,29-6)16(2)26)32-19-11-7-10-18-17(19)9-8-12-24-18/h7-12,15-16,26H,13-14H2,1-6H3,(H,25,28)/t15?,16-,22+,33?/m0/s1. The number of ether oxygens (including phenoxy) is 2. The third-order valence-corrected chi connectivity index (χ3v) is 6.18. The smallest absolute Gasteiger partial charge is 0.459 e. The molecule has 0 radical (unpaired) electrons. The second-order valence-corrected chi connectivity index (χ2v) is 10.6. The number of methoxy groups -OCH3 is 1. The van der Waals surface area contributed by atoms with Crippen molar-refractivity contribution in [2.45, 2.75) is 52.6 Å². The minimum atomic E-state index is -4.38. The third-order valence-electron chi connectivity index (χ3n) is 4.57. The van der Waals surface area contributed by atoms with Crippen molar-refractivity contribution >= 4 is 24.6 Å². The SMILES string of the molecule is CO[C@](F)(COP(=O)(NC(C)C(=O)OCC(C)(C)C)Oc1cccc2ncccc12)[C@H](C)O. The van der Waals surface area contributed by atoms with Crippen molar-refractivity contribution in [1.82, 2.24) is 10.1 Å². The summed E-state index contributed by atoms with van der Waals surface area (Å²) < 4.78 is 49.4. The Morgan fingerprint density at radius 1 is 1.21 bits per heavy atom. The number of esters is 1. The van der Waals surface area contributed by atoms with Gasteiger partial charge in [0, 0.05) is 18.7 Å². The fourth-order valence-corrected chi connectivity index (χ4v) is 4.12. The van der Waals surface area contributed by atoms with E-state index in [9.17, 15) is 18.9 Å². The van der Waals surface area contributed by atoms with Gasteiger partial charge in [0.2, 0.25) is 0 Å². The molecule has 0 amide bonds. The first-order chi connectivity index (χ1) is 15.3. The number of aliphatic hydroxyl groups excluding tert-OH is 1. The van der Waals surface area contributed by atoms with Crippen LogP contribution >= 0.6 is 7.75 Å². The molecule has 184 valence electrons. The number of pyridine rings is 1. The van der Waals surface area contributed by atoms with Crippen LogP contribution in [0.1, 0.15) is 34.6 Å². The van der Waals surface area contributed by atoms with E-state index in [4.69, 9.17) is 18.5 Å². The van der Waals surface area contributed by atoms with Crippen molar-refractivity contribution in [2.24, 2.45) is 5.41 Å². The maximum Gasteiger partial charge on any atom is 0.459 e. The highest BCUT2D eigenvalue weighted by Gasteiger charge is 2.41. The van der Waals surface area contributed by atoms with Gasteiger partial charge in [0.25, 0.3) is 5.85 Å². The number of carbonyl (C=O) groups is 1. The molecule has 0 bridgehead atoms. The summed E-state index contributed by atoms with van der Waals surface area (Å²) in [5, 5.41) is 12.7. The van der Waals surface area contributed by atoms with Gasteiger partial charge in [-0.3, -0.25) is 14.3 Å². The van der Waals surface area contributed by atoms with Gasteiger partial charge in [-0.15, -0.1) is 0 Å². The zero-order valence-electron chi connectivity index (χ0n) is 19.7. The molecule has 1 aromatic heterocycles. The van der Waals surface area contributed by atoms with Gasteiger partial charge in [-0.05, 0) is 43.5 Å². The third kappa shape index (κ3) is 7.72. The Kier molecular flexibility index (Phi) is 8.95. The van der Waals surface area contributed by atoms with Gasteiger partial charge in [0.1, 0.15) is 24.5 Å². The number of aromatic nitrogens is 1. The molecule has 0 saturated carbocycles. The van der Waals surface area contributed by atoms with Crippen LogP contribution in [0.15, 0.2) is 36.5 Å². The van der Waals surface area contributed by atoms with E-state index in [2.05, 4.69) is 10.1 Å². The monoisotopic (exact) mass is 486 g/mol. The first kappa shape index (κ1) is 27.1. The molecule has 33 heavy (non-hydrogen) atoms. The van der Waals surface area contributed by atoms with Crippen molar-refractivity contribution in [3.63, 3.8) is 0 Å². The molecule has 2 unspecified atom stereocenters. The molecule has 2 aromatic rings. The summed E-state index contributed by atoms with van der Waals surface area (Å²) in [6, 6.07) is 7.17. The van der Waals surface area contributed by atoms with Gasteiger partial charge in [0.05, 0.1) is 12.1 Å². The average molecular weight is 486 g/mol. The Morgan fingerprint density at radius 2 is 1.91 bits per heavy atom. The number of fused-ring (bicyclic) bond motifs is 1. The molecule has 1 heterocycles. The molecule has 1 aromatic carbocycles. The van der Waals surface area contributed by atoms with E-state index in [1.54, 1.807) is 30.5 Å². The molecule has 0 aliphatic heterocycles. The molecular formula is C22H32FN2O7P. The van der Waals surface area contributed by atoms with Crippen LogP contribution in [0.25, 0.3) is 10.9 Å². The van der Waals surface area contributed by atoms with Gasteiger partial charge in [0.15, 0.2) is 0 Å². The molecular weight excluding hydrogens is 454 g/mol. The van der Waals surface area contributed by atoms with E-state index in [1.165, 1.54) is 13.0 Å². The van der Waals surface area contributed by atoms with Gasteiger partial charge in [-0.2, -0.15) is 5.09 Å². The molecule has 11 heteroatoms. The van der Waals surface area contributed by atoms with Crippen LogP contribution in [-0.2, 0) is 23.4 Å². The summed E-state index contributed by atoms with van der Waals surface area (Å²) in [4.78, 5) is 16.6. The number of nitrogens with one attached hydrogen (secondary N) is 1. The van der Waals surface area contributed by atoms with Crippen LogP contribution in [0.3, 0.4) is 0 Å². The van der Waals surface area contributed by atoms with Crippen molar-refractivity contribution in [3.05, 3.63) is 36.5 Å². The van der Waals surface area contributed by atoms with E-state index < -0.39 is 38.3 Å². The fraction of sp³-hybridized carbons (Fsp3) is 0.545. The number of hydrogen-bond donors (Lipinski definition) is 2. The summed E-state index contributed by atoms with van der Waals surface area (Å²) in [6.07, 6.45) is -0.00114. The predicted octanol–water partition coefficient (Wildman–Crippen LogP) is 4.00. The number of alkyl halides is 1. The molecule has 0 fully saturated rings. The predicted molar refractivity (Wildman–Crippen MR) is 121 cm³/mol. The number of hydrogen-bond acceptors (Lipinski definition) is 8. The molecule has 0 aliphatic rings. The van der Waals surface area contributed by atoms with E-state index in [1.807, 2.05) is 20.8 Å². The van der Waals surface area contributed by atoms with E-state index in [0.717, 1.165) is 14.0 Å². The van der Waals surface area contributed by atoms with Gasteiger partial charge < -0.3 is 19.1 Å². The summed E-state index contributed by atoms with van der Waals surface area (Å²) in [5.41, 5.74) is 0.297. The number of nitrogens with zero attached hydrogens (tertiary/aromatic N) is 1.